The van der Waals surface area contributed by atoms with E-state index in [9.17, 15) is 9.18 Å². The molecule has 3 aromatic rings. The summed E-state index contributed by atoms with van der Waals surface area (Å²) in [7, 11) is 0. The van der Waals surface area contributed by atoms with Crippen molar-refractivity contribution >= 4 is 17.7 Å². The summed E-state index contributed by atoms with van der Waals surface area (Å²) >= 11 is 1.36. The third-order valence-electron chi connectivity index (χ3n) is 4.90. The van der Waals surface area contributed by atoms with Crippen LogP contribution in [-0.4, -0.2) is 44.4 Å². The molecule has 148 valence electrons. The minimum absolute atomic E-state index is 0.0912. The summed E-state index contributed by atoms with van der Waals surface area (Å²) in [5.41, 5.74) is 2.85. The van der Waals surface area contributed by atoms with E-state index in [0.717, 1.165) is 37.2 Å². The number of likely N-dealkylation sites (tertiary alicyclic amines) is 1. The molecule has 1 fully saturated rings. The first-order valence-electron chi connectivity index (χ1n) is 9.46. The maximum atomic E-state index is 13.3. The Morgan fingerprint density at radius 3 is 2.41 bits per heavy atom. The third-order valence-corrected chi connectivity index (χ3v) is 5.81. The van der Waals surface area contributed by atoms with Gasteiger partial charge in [0.25, 0.3) is 0 Å². The topological polar surface area (TPSA) is 51.0 Å². The molecule has 1 amide bonds. The van der Waals surface area contributed by atoms with E-state index in [1.165, 1.54) is 29.5 Å². The Bertz CT molecular complexity index is 1010. The number of carbonyl (C=O) groups excluding carboxylic acids is 1. The highest BCUT2D eigenvalue weighted by atomic mass is 32.2. The van der Waals surface area contributed by atoms with E-state index in [2.05, 4.69) is 16.8 Å². The summed E-state index contributed by atoms with van der Waals surface area (Å²) in [6, 6.07) is 15.9. The van der Waals surface area contributed by atoms with E-state index in [1.54, 1.807) is 12.1 Å². The van der Waals surface area contributed by atoms with Gasteiger partial charge in [0.05, 0.1) is 5.75 Å². The molecular formula is C22H21FN4OS. The molecule has 1 aliphatic rings. The number of nitrogens with zero attached hydrogens (tertiary/aromatic N) is 4. The van der Waals surface area contributed by atoms with Gasteiger partial charge in [-0.15, -0.1) is 10.2 Å². The SMILES string of the molecule is C=C1CCN(C(=O)CSc2nnc(-c3ccc(F)cc3)n2-c2ccccc2)CC1. The Labute approximate surface area is 173 Å². The molecule has 29 heavy (non-hydrogen) atoms. The first-order valence-corrected chi connectivity index (χ1v) is 10.4. The maximum absolute atomic E-state index is 13.3. The molecule has 0 bridgehead atoms. The molecule has 2 aromatic carbocycles. The number of benzene rings is 2. The molecular weight excluding hydrogens is 387 g/mol. The minimum atomic E-state index is -0.302. The van der Waals surface area contributed by atoms with Gasteiger partial charge in [0.1, 0.15) is 5.82 Å². The van der Waals surface area contributed by atoms with Crippen LogP contribution in [0.4, 0.5) is 4.39 Å². The van der Waals surface area contributed by atoms with Crippen molar-refractivity contribution in [3.63, 3.8) is 0 Å². The molecule has 4 rings (SSSR count). The highest BCUT2D eigenvalue weighted by molar-refractivity contribution is 7.99. The number of para-hydroxylation sites is 1. The number of aromatic nitrogens is 3. The van der Waals surface area contributed by atoms with Crippen LogP contribution < -0.4 is 0 Å². The van der Waals surface area contributed by atoms with Crippen LogP contribution in [-0.2, 0) is 4.79 Å². The van der Waals surface area contributed by atoms with Gasteiger partial charge in [0, 0.05) is 24.3 Å². The quantitative estimate of drug-likeness (QED) is 0.465. The van der Waals surface area contributed by atoms with Crippen LogP contribution in [0, 0.1) is 5.82 Å². The van der Waals surface area contributed by atoms with Crippen LogP contribution >= 0.6 is 11.8 Å². The molecule has 0 radical (unpaired) electrons. The number of thioether (sulfide) groups is 1. The minimum Gasteiger partial charge on any atom is -0.341 e. The zero-order valence-electron chi connectivity index (χ0n) is 15.9. The van der Waals surface area contributed by atoms with E-state index in [0.29, 0.717) is 16.7 Å². The van der Waals surface area contributed by atoms with Crippen LogP contribution in [0.15, 0.2) is 71.9 Å². The van der Waals surface area contributed by atoms with Gasteiger partial charge in [0.2, 0.25) is 5.91 Å². The largest absolute Gasteiger partial charge is 0.341 e. The summed E-state index contributed by atoms with van der Waals surface area (Å²) in [6.07, 6.45) is 1.73. The van der Waals surface area contributed by atoms with Crippen molar-refractivity contribution in [1.82, 2.24) is 19.7 Å². The van der Waals surface area contributed by atoms with Crippen LogP contribution in [0.3, 0.4) is 0 Å². The van der Waals surface area contributed by atoms with Gasteiger partial charge in [-0.3, -0.25) is 9.36 Å². The third kappa shape index (κ3) is 4.40. The predicted octanol–water partition coefficient (Wildman–Crippen LogP) is 4.34. The number of hydrogen-bond acceptors (Lipinski definition) is 4. The molecule has 1 aliphatic heterocycles. The van der Waals surface area contributed by atoms with Gasteiger partial charge in [-0.2, -0.15) is 0 Å². The average Bonchev–Trinajstić information content (AvgIpc) is 3.17. The van der Waals surface area contributed by atoms with E-state index in [4.69, 9.17) is 0 Å². The molecule has 0 atom stereocenters. The van der Waals surface area contributed by atoms with Crippen LogP contribution in [0.5, 0.6) is 0 Å². The van der Waals surface area contributed by atoms with Crippen molar-refractivity contribution < 1.29 is 9.18 Å². The number of piperidine rings is 1. The highest BCUT2D eigenvalue weighted by Crippen LogP contribution is 2.28. The van der Waals surface area contributed by atoms with Crippen molar-refractivity contribution in [2.45, 2.75) is 18.0 Å². The van der Waals surface area contributed by atoms with Crippen molar-refractivity contribution in [2.75, 3.05) is 18.8 Å². The van der Waals surface area contributed by atoms with Gasteiger partial charge < -0.3 is 4.90 Å². The molecule has 1 saturated heterocycles. The second-order valence-corrected chi connectivity index (χ2v) is 7.85. The fraction of sp³-hybridized carbons (Fsp3) is 0.227. The van der Waals surface area contributed by atoms with E-state index in [-0.39, 0.29) is 11.7 Å². The number of carbonyl (C=O) groups is 1. The Morgan fingerprint density at radius 1 is 1.03 bits per heavy atom. The maximum Gasteiger partial charge on any atom is 0.233 e. The Hall–Kier alpha value is -2.93. The van der Waals surface area contributed by atoms with E-state index in [1.807, 2.05) is 39.8 Å². The van der Waals surface area contributed by atoms with E-state index >= 15 is 0 Å². The first-order chi connectivity index (χ1) is 14.1. The van der Waals surface area contributed by atoms with E-state index < -0.39 is 0 Å². The van der Waals surface area contributed by atoms with Crippen molar-refractivity contribution in [1.29, 1.82) is 0 Å². The smallest absolute Gasteiger partial charge is 0.233 e. The van der Waals surface area contributed by atoms with Crippen LogP contribution in [0.25, 0.3) is 17.1 Å². The van der Waals surface area contributed by atoms with Crippen LogP contribution in [0.2, 0.25) is 0 Å². The van der Waals surface area contributed by atoms with Gasteiger partial charge in [-0.05, 0) is 49.2 Å². The molecule has 1 aromatic heterocycles. The summed E-state index contributed by atoms with van der Waals surface area (Å²) in [4.78, 5) is 14.5. The molecule has 7 heteroatoms. The van der Waals surface area contributed by atoms with Gasteiger partial charge in [-0.25, -0.2) is 4.39 Å². The highest BCUT2D eigenvalue weighted by Gasteiger charge is 2.21. The molecule has 0 N–H and O–H groups in total. The normalized spacial score (nSPS) is 14.2. The van der Waals surface area contributed by atoms with Crippen LogP contribution in [0.1, 0.15) is 12.8 Å². The monoisotopic (exact) mass is 408 g/mol. The lowest BCUT2D eigenvalue weighted by atomic mass is 10.1. The summed E-state index contributed by atoms with van der Waals surface area (Å²) in [5.74, 6) is 0.693. The Kier molecular flexibility index (Phi) is 5.76. The fourth-order valence-electron chi connectivity index (χ4n) is 3.25. The Balaban J connectivity index is 1.59. The zero-order chi connectivity index (χ0) is 20.2. The lowest BCUT2D eigenvalue weighted by Gasteiger charge is -2.27. The molecule has 2 heterocycles. The second kappa shape index (κ2) is 8.61. The number of hydrogen-bond donors (Lipinski definition) is 0. The molecule has 0 saturated carbocycles. The molecule has 0 aliphatic carbocycles. The van der Waals surface area contributed by atoms with Gasteiger partial charge in [-0.1, -0.05) is 42.1 Å². The number of amides is 1. The average molecular weight is 409 g/mol. The summed E-state index contributed by atoms with van der Waals surface area (Å²) < 4.78 is 15.3. The number of rotatable bonds is 5. The van der Waals surface area contributed by atoms with Crippen molar-refractivity contribution in [3.8, 4) is 17.1 Å². The molecule has 0 unspecified atom stereocenters. The number of halogens is 1. The lowest BCUT2D eigenvalue weighted by molar-refractivity contribution is -0.128. The van der Waals surface area contributed by atoms with Crippen molar-refractivity contribution in [3.05, 3.63) is 72.6 Å². The standard InChI is InChI=1S/C22H21FN4OS/c1-16-11-13-26(14-12-16)20(28)15-29-22-25-24-21(17-7-9-18(23)10-8-17)27(22)19-5-3-2-4-6-19/h2-10H,1,11-15H2. The van der Waals surface area contributed by atoms with Crippen molar-refractivity contribution in [2.24, 2.45) is 0 Å². The Morgan fingerprint density at radius 2 is 1.72 bits per heavy atom. The molecule has 5 nitrogen and oxygen atoms in total. The summed E-state index contributed by atoms with van der Waals surface area (Å²) in [6.45, 7) is 5.45. The van der Waals surface area contributed by atoms with Gasteiger partial charge >= 0.3 is 0 Å². The second-order valence-electron chi connectivity index (χ2n) is 6.90. The zero-order valence-corrected chi connectivity index (χ0v) is 16.7. The first kappa shape index (κ1) is 19.4. The fourth-order valence-corrected chi connectivity index (χ4v) is 4.10. The molecule has 0 spiro atoms. The lowest BCUT2D eigenvalue weighted by Crippen LogP contribution is -2.37. The predicted molar refractivity (Wildman–Crippen MR) is 112 cm³/mol. The summed E-state index contributed by atoms with van der Waals surface area (Å²) in [5, 5.41) is 9.27. The van der Waals surface area contributed by atoms with Gasteiger partial charge in [0.15, 0.2) is 11.0 Å².